The average Bonchev–Trinajstić information content (AvgIpc) is 2.34. The van der Waals surface area contributed by atoms with Crippen LogP contribution in [-0.4, -0.2) is 30.1 Å². The molecule has 1 fully saturated rings. The van der Waals surface area contributed by atoms with E-state index in [9.17, 15) is 9.90 Å². The number of benzene rings is 1. The highest BCUT2D eigenvalue weighted by atomic mass is 35.5. The molecule has 0 atom stereocenters. The first-order valence-corrected chi connectivity index (χ1v) is 6.04. The van der Waals surface area contributed by atoms with Crippen LogP contribution in [0.1, 0.15) is 23.2 Å². The first-order chi connectivity index (χ1) is 8.16. The number of halogens is 1. The van der Waals surface area contributed by atoms with Gasteiger partial charge >= 0.3 is 0 Å². The van der Waals surface area contributed by atoms with E-state index in [0.717, 1.165) is 25.9 Å². The van der Waals surface area contributed by atoms with Crippen molar-refractivity contribution < 1.29 is 9.90 Å². The van der Waals surface area contributed by atoms with Gasteiger partial charge in [-0.1, -0.05) is 11.6 Å². The Balaban J connectivity index is 2.01. The molecule has 0 saturated carbocycles. The second-order valence-electron chi connectivity index (χ2n) is 4.16. The third kappa shape index (κ3) is 3.11. The number of nitrogens with one attached hydrogen (secondary N) is 2. The zero-order valence-corrected chi connectivity index (χ0v) is 10.1. The van der Waals surface area contributed by atoms with Crippen molar-refractivity contribution >= 4 is 17.5 Å². The lowest BCUT2D eigenvalue weighted by Gasteiger charge is -2.23. The molecule has 0 spiro atoms. The summed E-state index contributed by atoms with van der Waals surface area (Å²) in [4.78, 5) is 11.9. The van der Waals surface area contributed by atoms with Crippen LogP contribution in [0.2, 0.25) is 5.02 Å². The minimum Gasteiger partial charge on any atom is -0.506 e. The van der Waals surface area contributed by atoms with Crippen LogP contribution in [0.15, 0.2) is 18.2 Å². The molecular weight excluding hydrogens is 240 g/mol. The normalized spacial score (nSPS) is 16.8. The van der Waals surface area contributed by atoms with Gasteiger partial charge < -0.3 is 15.7 Å². The third-order valence-corrected chi connectivity index (χ3v) is 3.19. The van der Waals surface area contributed by atoms with E-state index in [2.05, 4.69) is 10.6 Å². The number of aromatic hydroxyl groups is 1. The van der Waals surface area contributed by atoms with Crippen molar-refractivity contribution in [3.63, 3.8) is 0 Å². The van der Waals surface area contributed by atoms with E-state index >= 15 is 0 Å². The number of rotatable bonds is 2. The number of phenolic OH excluding ortho intramolecular Hbond substituents is 1. The number of amides is 1. The maximum absolute atomic E-state index is 11.9. The van der Waals surface area contributed by atoms with E-state index in [1.54, 1.807) is 6.07 Å². The largest absolute Gasteiger partial charge is 0.506 e. The molecule has 92 valence electrons. The Morgan fingerprint density at radius 3 is 2.76 bits per heavy atom. The molecule has 17 heavy (non-hydrogen) atoms. The SMILES string of the molecule is O=C(NC1CCNCC1)c1ccc(O)c(Cl)c1. The van der Waals surface area contributed by atoms with E-state index < -0.39 is 0 Å². The molecule has 0 bridgehead atoms. The van der Waals surface area contributed by atoms with Gasteiger partial charge in [0, 0.05) is 11.6 Å². The second kappa shape index (κ2) is 5.38. The molecule has 0 aromatic heterocycles. The Kier molecular flexibility index (Phi) is 3.86. The highest BCUT2D eigenvalue weighted by Crippen LogP contribution is 2.23. The lowest BCUT2D eigenvalue weighted by atomic mass is 10.1. The molecule has 0 aliphatic carbocycles. The van der Waals surface area contributed by atoms with Crippen molar-refractivity contribution in [1.82, 2.24) is 10.6 Å². The summed E-state index contributed by atoms with van der Waals surface area (Å²) >= 11 is 5.76. The van der Waals surface area contributed by atoms with Gasteiger partial charge in [-0.05, 0) is 44.1 Å². The highest BCUT2D eigenvalue weighted by Gasteiger charge is 2.16. The van der Waals surface area contributed by atoms with Gasteiger partial charge in [0.25, 0.3) is 5.91 Å². The Bertz CT molecular complexity index is 417. The van der Waals surface area contributed by atoms with Crippen molar-refractivity contribution in [2.75, 3.05) is 13.1 Å². The van der Waals surface area contributed by atoms with Crippen LogP contribution in [0.25, 0.3) is 0 Å². The molecule has 1 aromatic rings. The molecular formula is C12H15ClN2O2. The van der Waals surface area contributed by atoms with Crippen LogP contribution in [-0.2, 0) is 0 Å². The Labute approximate surface area is 105 Å². The Morgan fingerprint density at radius 2 is 2.12 bits per heavy atom. The van der Waals surface area contributed by atoms with E-state index in [1.807, 2.05) is 0 Å². The van der Waals surface area contributed by atoms with Gasteiger partial charge in [-0.25, -0.2) is 0 Å². The van der Waals surface area contributed by atoms with Gasteiger partial charge in [0.1, 0.15) is 5.75 Å². The first kappa shape index (κ1) is 12.2. The molecule has 3 N–H and O–H groups in total. The van der Waals surface area contributed by atoms with E-state index in [-0.39, 0.29) is 22.7 Å². The van der Waals surface area contributed by atoms with Crippen molar-refractivity contribution in [1.29, 1.82) is 0 Å². The van der Waals surface area contributed by atoms with E-state index in [0.29, 0.717) is 5.56 Å². The van der Waals surface area contributed by atoms with Gasteiger partial charge in [-0.15, -0.1) is 0 Å². The highest BCUT2D eigenvalue weighted by molar-refractivity contribution is 6.32. The molecule has 2 rings (SSSR count). The maximum Gasteiger partial charge on any atom is 0.251 e. The fourth-order valence-corrected chi connectivity index (χ4v) is 2.06. The molecule has 1 amide bonds. The van der Waals surface area contributed by atoms with Crippen molar-refractivity contribution in [3.8, 4) is 5.75 Å². The van der Waals surface area contributed by atoms with Gasteiger partial charge in [-0.3, -0.25) is 4.79 Å². The zero-order valence-electron chi connectivity index (χ0n) is 9.37. The smallest absolute Gasteiger partial charge is 0.251 e. The number of hydrogen-bond acceptors (Lipinski definition) is 3. The minimum absolute atomic E-state index is 0.00918. The molecule has 4 nitrogen and oxygen atoms in total. The fourth-order valence-electron chi connectivity index (χ4n) is 1.88. The summed E-state index contributed by atoms with van der Waals surface area (Å²) in [5.41, 5.74) is 0.478. The number of hydrogen-bond donors (Lipinski definition) is 3. The predicted octanol–water partition coefficient (Wildman–Crippen LogP) is 1.53. The monoisotopic (exact) mass is 254 g/mol. The van der Waals surface area contributed by atoms with Crippen molar-refractivity contribution in [3.05, 3.63) is 28.8 Å². The average molecular weight is 255 g/mol. The number of carbonyl (C=O) groups excluding carboxylic acids is 1. The van der Waals surface area contributed by atoms with Crippen LogP contribution in [0.5, 0.6) is 5.75 Å². The number of phenols is 1. The van der Waals surface area contributed by atoms with Gasteiger partial charge in [0.2, 0.25) is 0 Å². The summed E-state index contributed by atoms with van der Waals surface area (Å²) in [5.74, 6) is -0.149. The van der Waals surface area contributed by atoms with Gasteiger partial charge in [0.15, 0.2) is 0 Å². The van der Waals surface area contributed by atoms with E-state index in [4.69, 9.17) is 11.6 Å². The van der Waals surface area contributed by atoms with Crippen LogP contribution in [0, 0.1) is 0 Å². The van der Waals surface area contributed by atoms with E-state index in [1.165, 1.54) is 12.1 Å². The lowest BCUT2D eigenvalue weighted by Crippen LogP contribution is -2.42. The zero-order chi connectivity index (χ0) is 12.3. The molecule has 0 radical (unpaired) electrons. The molecule has 1 saturated heterocycles. The number of piperidine rings is 1. The first-order valence-electron chi connectivity index (χ1n) is 5.67. The standard InChI is InChI=1S/C12H15ClN2O2/c13-10-7-8(1-2-11(10)16)12(17)15-9-3-5-14-6-4-9/h1-2,7,9,14,16H,3-6H2,(H,15,17). The summed E-state index contributed by atoms with van der Waals surface area (Å²) in [5, 5.41) is 15.7. The summed E-state index contributed by atoms with van der Waals surface area (Å²) in [7, 11) is 0. The fraction of sp³-hybridized carbons (Fsp3) is 0.417. The van der Waals surface area contributed by atoms with Crippen LogP contribution < -0.4 is 10.6 Å². The maximum atomic E-state index is 11.9. The summed E-state index contributed by atoms with van der Waals surface area (Å²) in [6.45, 7) is 1.86. The van der Waals surface area contributed by atoms with Crippen molar-refractivity contribution in [2.45, 2.75) is 18.9 Å². The lowest BCUT2D eigenvalue weighted by molar-refractivity contribution is 0.0929. The van der Waals surface area contributed by atoms with Crippen LogP contribution >= 0.6 is 11.6 Å². The Morgan fingerprint density at radius 1 is 1.41 bits per heavy atom. The van der Waals surface area contributed by atoms with Crippen LogP contribution in [0.4, 0.5) is 0 Å². The molecule has 0 unspecified atom stereocenters. The third-order valence-electron chi connectivity index (χ3n) is 2.88. The second-order valence-corrected chi connectivity index (χ2v) is 4.57. The predicted molar refractivity (Wildman–Crippen MR) is 66.5 cm³/mol. The number of carbonyl (C=O) groups is 1. The quantitative estimate of drug-likeness (QED) is 0.750. The molecule has 5 heteroatoms. The Hall–Kier alpha value is -1.26. The minimum atomic E-state index is -0.140. The van der Waals surface area contributed by atoms with Gasteiger partial charge in [0.05, 0.1) is 5.02 Å². The van der Waals surface area contributed by atoms with Crippen molar-refractivity contribution in [2.24, 2.45) is 0 Å². The summed E-state index contributed by atoms with van der Waals surface area (Å²) in [6.07, 6.45) is 1.88. The van der Waals surface area contributed by atoms with Gasteiger partial charge in [-0.2, -0.15) is 0 Å². The molecule has 1 aliphatic heterocycles. The molecule has 1 aromatic carbocycles. The summed E-state index contributed by atoms with van der Waals surface area (Å²) in [6, 6.07) is 4.70. The molecule has 1 aliphatic rings. The topological polar surface area (TPSA) is 61.4 Å². The molecule has 1 heterocycles. The summed E-state index contributed by atoms with van der Waals surface area (Å²) < 4.78 is 0. The van der Waals surface area contributed by atoms with Crippen LogP contribution in [0.3, 0.4) is 0 Å².